The van der Waals surface area contributed by atoms with E-state index in [2.05, 4.69) is 10.3 Å². The number of aliphatic carboxylic acids is 1. The zero-order chi connectivity index (χ0) is 19.4. The maximum Gasteiger partial charge on any atom is 0.330 e. The fourth-order valence-electron chi connectivity index (χ4n) is 2.47. The van der Waals surface area contributed by atoms with Crippen LogP contribution in [0.5, 0.6) is 0 Å². The second kappa shape index (κ2) is 8.52. The lowest BCUT2D eigenvalue weighted by Crippen LogP contribution is -2.34. The van der Waals surface area contributed by atoms with Gasteiger partial charge in [-0.3, -0.25) is 4.79 Å². The Morgan fingerprint density at radius 3 is 2.48 bits per heavy atom. The largest absolute Gasteiger partial charge is 0.479 e. The minimum Gasteiger partial charge on any atom is -0.479 e. The topological polar surface area (TPSA) is 79.3 Å². The summed E-state index contributed by atoms with van der Waals surface area (Å²) in [7, 11) is 0. The lowest BCUT2D eigenvalue weighted by molar-refractivity contribution is -0.142. The summed E-state index contributed by atoms with van der Waals surface area (Å²) >= 11 is 13.4. The molecule has 8 heteroatoms. The monoisotopic (exact) mass is 420 g/mol. The van der Waals surface area contributed by atoms with Gasteiger partial charge < -0.3 is 10.4 Å². The van der Waals surface area contributed by atoms with Crippen LogP contribution in [0.25, 0.3) is 10.6 Å². The number of hydrogen-bond acceptors (Lipinski definition) is 4. The van der Waals surface area contributed by atoms with Gasteiger partial charge in [0.25, 0.3) is 0 Å². The molecular formula is C19H14Cl2N2O3S. The van der Waals surface area contributed by atoms with Gasteiger partial charge in [0.05, 0.1) is 17.1 Å². The molecular weight excluding hydrogens is 407 g/mol. The van der Waals surface area contributed by atoms with E-state index in [4.69, 9.17) is 23.2 Å². The summed E-state index contributed by atoms with van der Waals surface area (Å²) in [6.07, 6.45) is -0.0294. The number of amides is 1. The van der Waals surface area contributed by atoms with E-state index in [1.807, 2.05) is 18.2 Å². The third-order valence-corrected chi connectivity index (χ3v) is 5.26. The van der Waals surface area contributed by atoms with Crippen molar-refractivity contribution in [2.24, 2.45) is 0 Å². The minimum absolute atomic E-state index is 0.0294. The molecule has 1 amide bonds. The normalized spacial score (nSPS) is 11.8. The Bertz CT molecular complexity index is 973. The molecule has 0 bridgehead atoms. The van der Waals surface area contributed by atoms with Crippen molar-refractivity contribution in [1.82, 2.24) is 10.3 Å². The van der Waals surface area contributed by atoms with Gasteiger partial charge in [-0.15, -0.1) is 11.3 Å². The van der Waals surface area contributed by atoms with E-state index in [0.717, 1.165) is 5.56 Å². The molecule has 0 fully saturated rings. The molecule has 0 radical (unpaired) electrons. The van der Waals surface area contributed by atoms with Crippen LogP contribution in [-0.4, -0.2) is 22.0 Å². The number of carboxylic acid groups (broad SMARTS) is 1. The van der Waals surface area contributed by atoms with Crippen LogP contribution >= 0.6 is 34.5 Å². The van der Waals surface area contributed by atoms with E-state index in [0.29, 0.717) is 26.3 Å². The Balaban J connectivity index is 1.70. The first kappa shape index (κ1) is 19.4. The van der Waals surface area contributed by atoms with Crippen LogP contribution in [0.4, 0.5) is 0 Å². The number of hydrogen-bond donors (Lipinski definition) is 2. The van der Waals surface area contributed by atoms with Gasteiger partial charge in [0.1, 0.15) is 5.01 Å². The number of aromatic nitrogens is 1. The number of thiazole rings is 1. The van der Waals surface area contributed by atoms with Crippen molar-refractivity contribution in [1.29, 1.82) is 0 Å². The Hall–Kier alpha value is -2.41. The molecule has 0 saturated carbocycles. The Morgan fingerprint density at radius 2 is 1.81 bits per heavy atom. The standard InChI is InChI=1S/C19H14Cl2N2O3S/c20-12-7-5-11(6-8-12)17(19(25)26)23-16(24)9-13-10-27-18(22-13)14-3-1-2-4-15(14)21/h1-8,10,17H,9H2,(H,23,24)(H,25,26). The van der Waals surface area contributed by atoms with Crippen molar-refractivity contribution in [3.05, 3.63) is 75.2 Å². The van der Waals surface area contributed by atoms with E-state index in [1.54, 1.807) is 35.7 Å². The van der Waals surface area contributed by atoms with Crippen molar-refractivity contribution in [2.75, 3.05) is 0 Å². The summed E-state index contributed by atoms with van der Waals surface area (Å²) < 4.78 is 0. The van der Waals surface area contributed by atoms with E-state index in [9.17, 15) is 14.7 Å². The average molecular weight is 421 g/mol. The average Bonchev–Trinajstić information content (AvgIpc) is 3.09. The number of rotatable bonds is 6. The van der Waals surface area contributed by atoms with Crippen molar-refractivity contribution in [2.45, 2.75) is 12.5 Å². The van der Waals surface area contributed by atoms with Crippen LogP contribution in [0.15, 0.2) is 53.9 Å². The summed E-state index contributed by atoms with van der Waals surface area (Å²) in [6, 6.07) is 12.5. The summed E-state index contributed by atoms with van der Waals surface area (Å²) in [5.41, 5.74) is 1.78. The third-order valence-electron chi connectivity index (χ3n) is 3.75. The SMILES string of the molecule is O=C(Cc1csc(-c2ccccc2Cl)n1)NC(C(=O)O)c1ccc(Cl)cc1. The molecule has 2 aromatic carbocycles. The van der Waals surface area contributed by atoms with Crippen LogP contribution in [0.2, 0.25) is 10.0 Å². The zero-order valence-electron chi connectivity index (χ0n) is 13.9. The number of nitrogens with one attached hydrogen (secondary N) is 1. The number of carbonyl (C=O) groups excluding carboxylic acids is 1. The molecule has 1 unspecified atom stereocenters. The first-order valence-corrected chi connectivity index (χ1v) is 9.54. The van der Waals surface area contributed by atoms with Crippen LogP contribution in [0, 0.1) is 0 Å². The van der Waals surface area contributed by atoms with Crippen molar-refractivity contribution in [3.8, 4) is 10.6 Å². The highest BCUT2D eigenvalue weighted by atomic mass is 35.5. The summed E-state index contributed by atoms with van der Waals surface area (Å²) in [4.78, 5) is 28.3. The number of carbonyl (C=O) groups is 2. The van der Waals surface area contributed by atoms with Gasteiger partial charge in [-0.05, 0) is 23.8 Å². The van der Waals surface area contributed by atoms with Crippen LogP contribution < -0.4 is 5.32 Å². The van der Waals surface area contributed by atoms with Gasteiger partial charge in [-0.25, -0.2) is 9.78 Å². The fraction of sp³-hybridized carbons (Fsp3) is 0.105. The lowest BCUT2D eigenvalue weighted by Gasteiger charge is -2.14. The number of benzene rings is 2. The van der Waals surface area contributed by atoms with Crippen LogP contribution in [0.3, 0.4) is 0 Å². The molecule has 2 N–H and O–H groups in total. The highest BCUT2D eigenvalue weighted by Crippen LogP contribution is 2.30. The molecule has 3 rings (SSSR count). The van der Waals surface area contributed by atoms with Gasteiger partial charge in [-0.1, -0.05) is 53.5 Å². The maximum absolute atomic E-state index is 12.3. The molecule has 1 heterocycles. The first-order valence-electron chi connectivity index (χ1n) is 7.91. The molecule has 3 aromatic rings. The van der Waals surface area contributed by atoms with Gasteiger partial charge in [0, 0.05) is 16.0 Å². The molecule has 0 aliphatic rings. The Morgan fingerprint density at radius 1 is 1.11 bits per heavy atom. The van der Waals surface area contributed by atoms with E-state index in [-0.39, 0.29) is 6.42 Å². The number of nitrogens with zero attached hydrogens (tertiary/aromatic N) is 1. The highest BCUT2D eigenvalue weighted by molar-refractivity contribution is 7.13. The fourth-order valence-corrected chi connectivity index (χ4v) is 3.73. The molecule has 0 aliphatic carbocycles. The molecule has 0 saturated heterocycles. The molecule has 0 aliphatic heterocycles. The molecule has 1 atom stereocenters. The smallest absolute Gasteiger partial charge is 0.330 e. The zero-order valence-corrected chi connectivity index (χ0v) is 16.2. The summed E-state index contributed by atoms with van der Waals surface area (Å²) in [5.74, 6) is -1.59. The highest BCUT2D eigenvalue weighted by Gasteiger charge is 2.22. The van der Waals surface area contributed by atoms with Gasteiger partial charge in [0.2, 0.25) is 5.91 Å². The van der Waals surface area contributed by atoms with Crippen molar-refractivity contribution < 1.29 is 14.7 Å². The van der Waals surface area contributed by atoms with Crippen molar-refractivity contribution in [3.63, 3.8) is 0 Å². The quantitative estimate of drug-likeness (QED) is 0.610. The predicted octanol–water partition coefficient (Wildman–Crippen LogP) is 4.60. The molecule has 1 aromatic heterocycles. The Labute approximate surface area is 169 Å². The number of halogens is 2. The first-order chi connectivity index (χ1) is 12.9. The van der Waals surface area contributed by atoms with Gasteiger partial charge in [0.15, 0.2) is 6.04 Å². The summed E-state index contributed by atoms with van der Waals surface area (Å²) in [6.45, 7) is 0. The Kier molecular flexibility index (Phi) is 6.11. The number of carboxylic acids is 1. The summed E-state index contributed by atoms with van der Waals surface area (Å²) in [5, 5.41) is 15.5. The second-order valence-corrected chi connectivity index (χ2v) is 7.39. The second-order valence-electron chi connectivity index (χ2n) is 5.69. The van der Waals surface area contributed by atoms with E-state index < -0.39 is 17.9 Å². The maximum atomic E-state index is 12.3. The van der Waals surface area contributed by atoms with Gasteiger partial charge in [-0.2, -0.15) is 0 Å². The third kappa shape index (κ3) is 4.86. The predicted molar refractivity (Wildman–Crippen MR) is 106 cm³/mol. The van der Waals surface area contributed by atoms with Crippen molar-refractivity contribution >= 4 is 46.4 Å². The van der Waals surface area contributed by atoms with Crippen LogP contribution in [0.1, 0.15) is 17.3 Å². The van der Waals surface area contributed by atoms with E-state index in [1.165, 1.54) is 11.3 Å². The lowest BCUT2D eigenvalue weighted by atomic mass is 10.1. The molecule has 27 heavy (non-hydrogen) atoms. The molecule has 0 spiro atoms. The molecule has 5 nitrogen and oxygen atoms in total. The minimum atomic E-state index is -1.16. The van der Waals surface area contributed by atoms with Gasteiger partial charge >= 0.3 is 5.97 Å². The van der Waals surface area contributed by atoms with E-state index >= 15 is 0 Å². The molecule has 138 valence electrons. The van der Waals surface area contributed by atoms with Crippen LogP contribution in [-0.2, 0) is 16.0 Å².